The van der Waals surface area contributed by atoms with Crippen LogP contribution in [0.15, 0.2) is 18.2 Å². The molecule has 1 aromatic rings. The van der Waals surface area contributed by atoms with Gasteiger partial charge in [-0.2, -0.15) is 0 Å². The molecule has 0 spiro atoms. The van der Waals surface area contributed by atoms with E-state index in [1.54, 1.807) is 13.0 Å². The first kappa shape index (κ1) is 10.9. The van der Waals surface area contributed by atoms with Gasteiger partial charge in [0.15, 0.2) is 5.78 Å². The zero-order chi connectivity index (χ0) is 10.7. The van der Waals surface area contributed by atoms with Crippen molar-refractivity contribution in [1.82, 2.24) is 0 Å². The predicted octanol–water partition coefficient (Wildman–Crippen LogP) is 2.05. The van der Waals surface area contributed by atoms with Gasteiger partial charge < -0.3 is 5.73 Å². The van der Waals surface area contributed by atoms with Crippen molar-refractivity contribution in [3.05, 3.63) is 35.1 Å². The number of aryl methyl sites for hydroxylation is 1. The summed E-state index contributed by atoms with van der Waals surface area (Å²) in [6.45, 7) is 3.62. The summed E-state index contributed by atoms with van der Waals surface area (Å²) >= 11 is 0. The fourth-order valence-electron chi connectivity index (χ4n) is 1.21. The van der Waals surface area contributed by atoms with E-state index in [1.165, 1.54) is 12.1 Å². The number of hydrogen-bond donors (Lipinski definition) is 1. The van der Waals surface area contributed by atoms with Gasteiger partial charge in [-0.3, -0.25) is 4.79 Å². The molecule has 2 nitrogen and oxygen atoms in total. The second-order valence-electron chi connectivity index (χ2n) is 3.36. The van der Waals surface area contributed by atoms with Crippen LogP contribution in [0, 0.1) is 12.7 Å². The fraction of sp³-hybridized carbons (Fsp3) is 0.364. The summed E-state index contributed by atoms with van der Waals surface area (Å²) in [6.07, 6.45) is 0.520. The highest BCUT2D eigenvalue weighted by Gasteiger charge is 2.17. The minimum atomic E-state index is -0.605. The molecule has 1 unspecified atom stereocenters. The maximum atomic E-state index is 13.2. The highest BCUT2D eigenvalue weighted by molar-refractivity contribution is 6.00. The van der Waals surface area contributed by atoms with E-state index >= 15 is 0 Å². The maximum Gasteiger partial charge on any atom is 0.182 e. The van der Waals surface area contributed by atoms with E-state index in [0.29, 0.717) is 6.42 Å². The SMILES string of the molecule is CCC(N)C(=O)c1cc(C)ccc1F. The smallest absolute Gasteiger partial charge is 0.182 e. The average Bonchev–Trinajstić information content (AvgIpc) is 2.19. The third-order valence-electron chi connectivity index (χ3n) is 2.16. The van der Waals surface area contributed by atoms with Crippen molar-refractivity contribution in [2.75, 3.05) is 0 Å². The van der Waals surface area contributed by atoms with Crippen molar-refractivity contribution in [3.8, 4) is 0 Å². The van der Waals surface area contributed by atoms with E-state index in [0.717, 1.165) is 5.56 Å². The first-order chi connectivity index (χ1) is 6.56. The van der Waals surface area contributed by atoms with Crippen LogP contribution in [0.1, 0.15) is 29.3 Å². The van der Waals surface area contributed by atoms with Gasteiger partial charge in [-0.25, -0.2) is 4.39 Å². The Morgan fingerprint density at radius 1 is 1.57 bits per heavy atom. The molecule has 0 saturated carbocycles. The van der Waals surface area contributed by atoms with Crippen molar-refractivity contribution in [2.24, 2.45) is 5.73 Å². The van der Waals surface area contributed by atoms with E-state index < -0.39 is 11.9 Å². The minimum Gasteiger partial charge on any atom is -0.321 e. The van der Waals surface area contributed by atoms with Gasteiger partial charge in [-0.05, 0) is 25.5 Å². The van der Waals surface area contributed by atoms with E-state index in [1.807, 2.05) is 6.92 Å². The molecule has 14 heavy (non-hydrogen) atoms. The van der Waals surface area contributed by atoms with Crippen LogP contribution in [-0.2, 0) is 0 Å². The molecule has 2 N–H and O–H groups in total. The Morgan fingerprint density at radius 2 is 2.21 bits per heavy atom. The largest absolute Gasteiger partial charge is 0.321 e. The molecule has 0 fully saturated rings. The van der Waals surface area contributed by atoms with Crippen LogP contribution in [0.5, 0.6) is 0 Å². The number of hydrogen-bond acceptors (Lipinski definition) is 2. The first-order valence-corrected chi connectivity index (χ1v) is 4.62. The quantitative estimate of drug-likeness (QED) is 0.750. The summed E-state index contributed by atoms with van der Waals surface area (Å²) < 4.78 is 13.2. The van der Waals surface area contributed by atoms with Crippen LogP contribution in [0.25, 0.3) is 0 Å². The molecule has 0 aliphatic rings. The van der Waals surface area contributed by atoms with E-state index in [4.69, 9.17) is 5.73 Å². The Kier molecular flexibility index (Phi) is 3.36. The monoisotopic (exact) mass is 195 g/mol. The predicted molar refractivity (Wildman–Crippen MR) is 53.7 cm³/mol. The maximum absolute atomic E-state index is 13.2. The molecule has 0 bridgehead atoms. The summed E-state index contributed by atoms with van der Waals surface area (Å²) in [5, 5.41) is 0. The third-order valence-corrected chi connectivity index (χ3v) is 2.16. The summed E-state index contributed by atoms with van der Waals surface area (Å²) in [6, 6.07) is 3.85. The van der Waals surface area contributed by atoms with Gasteiger partial charge in [-0.15, -0.1) is 0 Å². The zero-order valence-corrected chi connectivity index (χ0v) is 8.38. The molecule has 0 aliphatic heterocycles. The summed E-state index contributed by atoms with van der Waals surface area (Å²) in [5.74, 6) is -0.821. The lowest BCUT2D eigenvalue weighted by Crippen LogP contribution is -2.30. The molecular weight excluding hydrogens is 181 g/mol. The third kappa shape index (κ3) is 2.17. The van der Waals surface area contributed by atoms with Crippen molar-refractivity contribution >= 4 is 5.78 Å². The Morgan fingerprint density at radius 3 is 2.79 bits per heavy atom. The Bertz CT molecular complexity index is 349. The van der Waals surface area contributed by atoms with Crippen LogP contribution in [0.2, 0.25) is 0 Å². The number of ketones is 1. The summed E-state index contributed by atoms with van der Waals surface area (Å²) in [5.41, 5.74) is 6.51. The van der Waals surface area contributed by atoms with Crippen molar-refractivity contribution in [1.29, 1.82) is 0 Å². The molecule has 0 saturated heterocycles. The first-order valence-electron chi connectivity index (χ1n) is 4.62. The number of rotatable bonds is 3. The highest BCUT2D eigenvalue weighted by Crippen LogP contribution is 2.12. The van der Waals surface area contributed by atoms with Crippen molar-refractivity contribution < 1.29 is 9.18 Å². The van der Waals surface area contributed by atoms with Crippen LogP contribution in [-0.4, -0.2) is 11.8 Å². The molecular formula is C11H14FNO. The topological polar surface area (TPSA) is 43.1 Å². The zero-order valence-electron chi connectivity index (χ0n) is 8.38. The minimum absolute atomic E-state index is 0.0966. The standard InChI is InChI=1S/C11H14FNO/c1-3-10(13)11(14)8-6-7(2)4-5-9(8)12/h4-6,10H,3,13H2,1-2H3. The summed E-state index contributed by atoms with van der Waals surface area (Å²) in [7, 11) is 0. The van der Waals surface area contributed by atoms with Gasteiger partial charge in [0, 0.05) is 0 Å². The van der Waals surface area contributed by atoms with Crippen LogP contribution in [0.3, 0.4) is 0 Å². The van der Waals surface area contributed by atoms with E-state index in [2.05, 4.69) is 0 Å². The van der Waals surface area contributed by atoms with E-state index in [-0.39, 0.29) is 11.3 Å². The van der Waals surface area contributed by atoms with Gasteiger partial charge >= 0.3 is 0 Å². The fourth-order valence-corrected chi connectivity index (χ4v) is 1.21. The normalized spacial score (nSPS) is 12.6. The molecule has 1 aromatic carbocycles. The van der Waals surface area contributed by atoms with Gasteiger partial charge in [0.1, 0.15) is 5.82 Å². The molecule has 1 atom stereocenters. The lowest BCUT2D eigenvalue weighted by atomic mass is 10.0. The number of nitrogens with two attached hydrogens (primary N) is 1. The van der Waals surface area contributed by atoms with Gasteiger partial charge in [0.05, 0.1) is 11.6 Å². The summed E-state index contributed by atoms with van der Waals surface area (Å²) in [4.78, 5) is 11.6. The molecule has 76 valence electrons. The molecule has 0 aromatic heterocycles. The second-order valence-corrected chi connectivity index (χ2v) is 3.36. The molecule has 3 heteroatoms. The number of halogens is 1. The Balaban J connectivity index is 3.06. The lowest BCUT2D eigenvalue weighted by Gasteiger charge is -2.08. The highest BCUT2D eigenvalue weighted by atomic mass is 19.1. The van der Waals surface area contributed by atoms with Crippen LogP contribution >= 0.6 is 0 Å². The Labute approximate surface area is 82.9 Å². The number of benzene rings is 1. The van der Waals surface area contributed by atoms with Gasteiger partial charge in [0.25, 0.3) is 0 Å². The molecule has 0 aliphatic carbocycles. The molecule has 0 amide bonds. The molecule has 0 radical (unpaired) electrons. The molecule has 1 rings (SSSR count). The number of carbonyl (C=O) groups is 1. The van der Waals surface area contributed by atoms with Crippen LogP contribution in [0.4, 0.5) is 4.39 Å². The van der Waals surface area contributed by atoms with Crippen LogP contribution < -0.4 is 5.73 Å². The van der Waals surface area contributed by atoms with Crippen molar-refractivity contribution in [2.45, 2.75) is 26.3 Å². The van der Waals surface area contributed by atoms with Gasteiger partial charge in [-0.1, -0.05) is 18.6 Å². The molecule has 0 heterocycles. The van der Waals surface area contributed by atoms with Gasteiger partial charge in [0.2, 0.25) is 0 Å². The van der Waals surface area contributed by atoms with Crippen molar-refractivity contribution in [3.63, 3.8) is 0 Å². The Hall–Kier alpha value is -1.22. The van der Waals surface area contributed by atoms with E-state index in [9.17, 15) is 9.18 Å². The number of Topliss-reactive ketones (excluding diaryl/α,β-unsaturated/α-hetero) is 1. The number of carbonyl (C=O) groups excluding carboxylic acids is 1. The lowest BCUT2D eigenvalue weighted by molar-refractivity contribution is 0.0955. The second kappa shape index (κ2) is 4.33. The average molecular weight is 195 g/mol.